The molecule has 6 nitrogen and oxygen atoms in total. The molecule has 4 rings (SSSR count). The fraction of sp³-hybridized carbons (Fsp3) is 0.450. The first-order valence-electron chi connectivity index (χ1n) is 9.42. The van der Waals surface area contributed by atoms with Crippen LogP contribution >= 0.6 is 11.3 Å². The summed E-state index contributed by atoms with van der Waals surface area (Å²) in [7, 11) is 1.99. The molecule has 0 N–H and O–H groups in total. The Balaban J connectivity index is 1.70. The maximum atomic E-state index is 12.9. The number of carbonyl (C=O) groups excluding carboxylic acids is 1. The third-order valence-corrected chi connectivity index (χ3v) is 6.18. The average Bonchev–Trinajstić information content (AvgIpc) is 3.33. The van der Waals surface area contributed by atoms with E-state index in [0.29, 0.717) is 6.54 Å². The van der Waals surface area contributed by atoms with Gasteiger partial charge in [-0.05, 0) is 32.4 Å². The Morgan fingerprint density at radius 1 is 1.30 bits per heavy atom. The fourth-order valence-corrected chi connectivity index (χ4v) is 4.64. The molecule has 3 aromatic rings. The van der Waals surface area contributed by atoms with Crippen LogP contribution in [-0.4, -0.2) is 36.7 Å². The summed E-state index contributed by atoms with van der Waals surface area (Å²) in [4.78, 5) is 21.5. The van der Waals surface area contributed by atoms with E-state index in [4.69, 9.17) is 5.10 Å². The van der Waals surface area contributed by atoms with Gasteiger partial charge in [0.2, 0.25) is 0 Å². The number of hydrogen-bond acceptors (Lipinski definition) is 4. The Morgan fingerprint density at radius 3 is 2.81 bits per heavy atom. The summed E-state index contributed by atoms with van der Waals surface area (Å²) < 4.78 is 4.19. The molecular formula is C20H25N5OS. The molecule has 4 heterocycles. The second kappa shape index (κ2) is 6.96. The second-order valence-electron chi connectivity index (χ2n) is 7.16. The van der Waals surface area contributed by atoms with Gasteiger partial charge >= 0.3 is 0 Å². The molecule has 0 aromatic carbocycles. The molecule has 0 spiro atoms. The molecule has 1 aliphatic rings. The first-order chi connectivity index (χ1) is 13.0. The maximum Gasteiger partial charge on any atom is 0.264 e. The molecule has 0 saturated heterocycles. The summed E-state index contributed by atoms with van der Waals surface area (Å²) >= 11 is 1.56. The highest BCUT2D eigenvalue weighted by atomic mass is 32.1. The normalized spacial score (nSPS) is 13.9. The van der Waals surface area contributed by atoms with Gasteiger partial charge in [-0.3, -0.25) is 9.48 Å². The Morgan fingerprint density at radius 2 is 2.11 bits per heavy atom. The number of nitrogens with zero attached hydrogens (tertiary/aromatic N) is 5. The molecule has 142 valence electrons. The Labute approximate surface area is 163 Å². The number of rotatable bonds is 4. The van der Waals surface area contributed by atoms with Crippen LogP contribution in [0.5, 0.6) is 0 Å². The topological polar surface area (TPSA) is 56.0 Å². The van der Waals surface area contributed by atoms with Crippen molar-refractivity contribution in [3.8, 4) is 11.5 Å². The quantitative estimate of drug-likeness (QED) is 0.692. The van der Waals surface area contributed by atoms with Gasteiger partial charge in [-0.25, -0.2) is 4.98 Å². The van der Waals surface area contributed by atoms with E-state index < -0.39 is 0 Å². The third-order valence-electron chi connectivity index (χ3n) is 5.19. The number of aromatic nitrogens is 4. The van der Waals surface area contributed by atoms with Crippen molar-refractivity contribution in [1.29, 1.82) is 0 Å². The molecule has 1 aliphatic heterocycles. The minimum atomic E-state index is 0.113. The molecule has 27 heavy (non-hydrogen) atoms. The molecule has 0 radical (unpaired) electrons. The molecular weight excluding hydrogens is 358 g/mol. The van der Waals surface area contributed by atoms with Crippen molar-refractivity contribution in [2.45, 2.75) is 46.7 Å². The molecule has 0 unspecified atom stereocenters. The monoisotopic (exact) mass is 383 g/mol. The summed E-state index contributed by atoms with van der Waals surface area (Å²) in [5.41, 5.74) is 4.39. The lowest BCUT2D eigenvalue weighted by molar-refractivity contribution is 0.0738. The first-order valence-corrected chi connectivity index (χ1v) is 10.2. The van der Waals surface area contributed by atoms with Crippen molar-refractivity contribution < 1.29 is 4.79 Å². The number of imidazole rings is 1. The Kier molecular flexibility index (Phi) is 4.63. The molecule has 0 fully saturated rings. The van der Waals surface area contributed by atoms with E-state index in [1.165, 1.54) is 5.69 Å². The van der Waals surface area contributed by atoms with E-state index in [9.17, 15) is 4.79 Å². The zero-order chi connectivity index (χ0) is 19.1. The first kappa shape index (κ1) is 18.0. The van der Waals surface area contributed by atoms with Gasteiger partial charge in [-0.15, -0.1) is 11.3 Å². The fourth-order valence-electron chi connectivity index (χ4n) is 3.81. The molecule has 0 atom stereocenters. The number of fused-ring (bicyclic) bond motifs is 1. The summed E-state index contributed by atoms with van der Waals surface area (Å²) in [6.07, 6.45) is 3.77. The van der Waals surface area contributed by atoms with Gasteiger partial charge in [0.05, 0.1) is 11.4 Å². The predicted molar refractivity (Wildman–Crippen MR) is 107 cm³/mol. The second-order valence-corrected chi connectivity index (χ2v) is 8.45. The van der Waals surface area contributed by atoms with Crippen LogP contribution in [0.3, 0.4) is 0 Å². The van der Waals surface area contributed by atoms with Gasteiger partial charge in [0, 0.05) is 54.6 Å². The van der Waals surface area contributed by atoms with Crippen LogP contribution in [0.1, 0.15) is 44.8 Å². The van der Waals surface area contributed by atoms with Crippen LogP contribution in [-0.2, 0) is 26.6 Å². The van der Waals surface area contributed by atoms with E-state index in [2.05, 4.69) is 23.4 Å². The Bertz CT molecular complexity index is 996. The Hall–Kier alpha value is -2.41. The van der Waals surface area contributed by atoms with Gasteiger partial charge in [0.25, 0.3) is 5.91 Å². The highest BCUT2D eigenvalue weighted by Gasteiger charge is 2.29. The van der Waals surface area contributed by atoms with Crippen LogP contribution in [0.25, 0.3) is 11.5 Å². The van der Waals surface area contributed by atoms with Crippen molar-refractivity contribution >= 4 is 17.2 Å². The molecule has 7 heteroatoms. The predicted octanol–water partition coefficient (Wildman–Crippen LogP) is 3.57. The van der Waals surface area contributed by atoms with Crippen LogP contribution in [0.4, 0.5) is 0 Å². The summed E-state index contributed by atoms with van der Waals surface area (Å²) in [6, 6.07) is 3.94. The van der Waals surface area contributed by atoms with Crippen molar-refractivity contribution in [3.63, 3.8) is 0 Å². The zero-order valence-electron chi connectivity index (χ0n) is 16.3. The van der Waals surface area contributed by atoms with Gasteiger partial charge in [-0.2, -0.15) is 5.10 Å². The summed E-state index contributed by atoms with van der Waals surface area (Å²) in [6.45, 7) is 8.52. The van der Waals surface area contributed by atoms with E-state index in [1.807, 2.05) is 41.9 Å². The zero-order valence-corrected chi connectivity index (χ0v) is 17.1. The van der Waals surface area contributed by atoms with Crippen LogP contribution < -0.4 is 0 Å². The summed E-state index contributed by atoms with van der Waals surface area (Å²) in [5.74, 6) is 1.02. The van der Waals surface area contributed by atoms with Gasteiger partial charge in [0.1, 0.15) is 5.69 Å². The lowest BCUT2D eigenvalue weighted by atomic mass is 10.0. The minimum Gasteiger partial charge on any atom is -0.333 e. The van der Waals surface area contributed by atoms with Crippen LogP contribution in [0, 0.1) is 13.8 Å². The minimum absolute atomic E-state index is 0.113. The standard InChI is InChI=1S/C20H25N5OS/c1-5-9-25-13(2)11-21-19(25)18-15-12-24(10-8-16(15)23(4)22-18)20(26)17-7-6-14(3)27-17/h6-7,11H,5,8-10,12H2,1-4H3. The van der Waals surface area contributed by atoms with Gasteiger partial charge in [-0.1, -0.05) is 6.92 Å². The largest absolute Gasteiger partial charge is 0.333 e. The molecule has 0 bridgehead atoms. The van der Waals surface area contributed by atoms with E-state index in [0.717, 1.165) is 58.5 Å². The number of thiophene rings is 1. The smallest absolute Gasteiger partial charge is 0.264 e. The van der Waals surface area contributed by atoms with E-state index >= 15 is 0 Å². The van der Waals surface area contributed by atoms with Crippen molar-refractivity contribution in [1.82, 2.24) is 24.2 Å². The number of amides is 1. The SMILES string of the molecule is CCCn1c(C)cnc1-c1nn(C)c2c1CN(C(=O)c1ccc(C)s1)CC2. The van der Waals surface area contributed by atoms with Crippen molar-refractivity contribution in [2.24, 2.45) is 7.05 Å². The lowest BCUT2D eigenvalue weighted by Crippen LogP contribution is -2.36. The van der Waals surface area contributed by atoms with Gasteiger partial charge in [0.15, 0.2) is 5.82 Å². The third kappa shape index (κ3) is 3.10. The molecule has 1 amide bonds. The number of carbonyl (C=O) groups is 1. The highest BCUT2D eigenvalue weighted by Crippen LogP contribution is 2.31. The molecule has 3 aromatic heterocycles. The summed E-state index contributed by atoms with van der Waals surface area (Å²) in [5, 5.41) is 4.79. The van der Waals surface area contributed by atoms with Crippen LogP contribution in [0.15, 0.2) is 18.3 Å². The van der Waals surface area contributed by atoms with E-state index in [-0.39, 0.29) is 5.91 Å². The van der Waals surface area contributed by atoms with Crippen molar-refractivity contribution in [2.75, 3.05) is 6.54 Å². The number of hydrogen-bond donors (Lipinski definition) is 0. The highest BCUT2D eigenvalue weighted by molar-refractivity contribution is 7.13. The van der Waals surface area contributed by atoms with Crippen LogP contribution in [0.2, 0.25) is 0 Å². The molecule has 0 saturated carbocycles. The van der Waals surface area contributed by atoms with E-state index in [1.54, 1.807) is 11.3 Å². The lowest BCUT2D eigenvalue weighted by Gasteiger charge is -2.27. The number of aryl methyl sites for hydroxylation is 3. The maximum absolute atomic E-state index is 12.9. The average molecular weight is 384 g/mol. The van der Waals surface area contributed by atoms with Crippen molar-refractivity contribution in [3.05, 3.63) is 45.0 Å². The van der Waals surface area contributed by atoms with Gasteiger partial charge < -0.3 is 9.47 Å². The molecule has 0 aliphatic carbocycles.